The number of hydrogen-bond acceptors (Lipinski definition) is 10. The number of hydrogen-bond donors (Lipinski definition) is 0. The molecule has 2 rings (SSSR count). The Hall–Kier alpha value is -4.63. The molecular formula is C41H54O10. The topological polar surface area (TPSA) is 116 Å². The minimum absolute atomic E-state index is 0.216. The molecule has 0 saturated carbocycles. The molecule has 0 bridgehead atoms. The third kappa shape index (κ3) is 19.4. The summed E-state index contributed by atoms with van der Waals surface area (Å²) in [5, 5.41) is 0. The first-order chi connectivity index (χ1) is 24.7. The molecule has 10 nitrogen and oxygen atoms in total. The molecule has 51 heavy (non-hydrogen) atoms. The van der Waals surface area contributed by atoms with Gasteiger partial charge in [0.05, 0.1) is 33.0 Å². The largest absolute Gasteiger partial charge is 0.494 e. The standard InChI is InChI=1S/C41H54O10/c1-6-25-45-30-32(4)31-46-26-9-10-27-47-38-18-14-16-35(21-24-38)41(44)51-36(7-2)22-19-33(5)50-40(43)34-15-13-17-37(23-20-34)48-28-11-12-29-49-39(42)8-3/h8,13-14,17-24,32H,3,6-7,9-12,16,25-31H2,1-2,4-5H3/b33-19+,36-22+. The fourth-order valence-corrected chi connectivity index (χ4v) is 4.30. The summed E-state index contributed by atoms with van der Waals surface area (Å²) in [6.45, 7) is 15.2. The van der Waals surface area contributed by atoms with Gasteiger partial charge < -0.3 is 33.2 Å². The molecule has 0 aromatic rings. The molecule has 0 aromatic carbocycles. The maximum Gasteiger partial charge on any atom is 0.351 e. The molecule has 0 spiro atoms. The van der Waals surface area contributed by atoms with Gasteiger partial charge in [-0.15, -0.1) is 5.73 Å². The number of unbranched alkanes of at least 4 members (excludes halogenated alkanes) is 2. The molecule has 0 aromatic heterocycles. The van der Waals surface area contributed by atoms with Crippen molar-refractivity contribution in [1.82, 2.24) is 0 Å². The van der Waals surface area contributed by atoms with E-state index in [1.807, 2.05) is 19.1 Å². The van der Waals surface area contributed by atoms with Crippen LogP contribution in [0.5, 0.6) is 0 Å². The number of esters is 3. The molecule has 2 aliphatic rings. The van der Waals surface area contributed by atoms with Gasteiger partial charge in [-0.1, -0.05) is 33.4 Å². The number of ether oxygens (including phenoxy) is 7. The highest BCUT2D eigenvalue weighted by atomic mass is 16.5. The van der Waals surface area contributed by atoms with E-state index in [-0.39, 0.29) is 5.57 Å². The van der Waals surface area contributed by atoms with Crippen molar-refractivity contribution in [2.75, 3.05) is 46.2 Å². The molecule has 0 aliphatic heterocycles. The number of carbonyl (C=O) groups is 3. The summed E-state index contributed by atoms with van der Waals surface area (Å²) in [4.78, 5) is 36.7. The minimum Gasteiger partial charge on any atom is -0.494 e. The van der Waals surface area contributed by atoms with E-state index in [1.165, 1.54) is 0 Å². The first-order valence-corrected chi connectivity index (χ1v) is 17.7. The van der Waals surface area contributed by atoms with E-state index in [0.29, 0.717) is 93.2 Å². The van der Waals surface area contributed by atoms with Crippen LogP contribution < -0.4 is 0 Å². The lowest BCUT2D eigenvalue weighted by atomic mass is 10.2. The SMILES string of the molecule is C=CC(=O)OCCCCOC1=CC=C=C(C(=O)O/C(C)=C/C=C(\CC)OC(=O)C2=CC=C(OCCCCOCC(C)COCCC)C=CC2)C=C1. The quantitative estimate of drug-likeness (QED) is 0.0176. The summed E-state index contributed by atoms with van der Waals surface area (Å²) in [5.74, 6) is 0.857. The van der Waals surface area contributed by atoms with Crippen molar-refractivity contribution in [2.24, 2.45) is 5.92 Å². The molecule has 10 heteroatoms. The fraction of sp³-hybridized carbons (Fsp3) is 0.463. The Morgan fingerprint density at radius 3 is 2.22 bits per heavy atom. The van der Waals surface area contributed by atoms with E-state index >= 15 is 0 Å². The van der Waals surface area contributed by atoms with Crippen LogP contribution in [-0.2, 0) is 47.5 Å². The Labute approximate surface area is 303 Å². The summed E-state index contributed by atoms with van der Waals surface area (Å²) in [7, 11) is 0. The van der Waals surface area contributed by atoms with Crippen LogP contribution in [0.2, 0.25) is 0 Å². The molecule has 278 valence electrons. The molecule has 2 aliphatic carbocycles. The third-order valence-corrected chi connectivity index (χ3v) is 7.10. The summed E-state index contributed by atoms with van der Waals surface area (Å²) < 4.78 is 38.9. The molecule has 0 radical (unpaired) electrons. The Balaban J connectivity index is 1.75. The highest BCUT2D eigenvalue weighted by Gasteiger charge is 2.14. The molecule has 0 fully saturated rings. The van der Waals surface area contributed by atoms with Gasteiger partial charge in [-0.3, -0.25) is 0 Å². The zero-order valence-electron chi connectivity index (χ0n) is 30.6. The van der Waals surface area contributed by atoms with Gasteiger partial charge in [0.2, 0.25) is 0 Å². The van der Waals surface area contributed by atoms with Gasteiger partial charge in [0.1, 0.15) is 28.6 Å². The van der Waals surface area contributed by atoms with E-state index in [1.54, 1.807) is 55.5 Å². The van der Waals surface area contributed by atoms with Crippen LogP contribution >= 0.6 is 0 Å². The highest BCUT2D eigenvalue weighted by molar-refractivity contribution is 5.92. The van der Waals surface area contributed by atoms with Gasteiger partial charge in [0.25, 0.3) is 0 Å². The molecule has 0 heterocycles. The molecule has 0 N–H and O–H groups in total. The van der Waals surface area contributed by atoms with Gasteiger partial charge >= 0.3 is 17.9 Å². The number of rotatable bonds is 25. The second kappa shape index (κ2) is 26.2. The van der Waals surface area contributed by atoms with Crippen LogP contribution in [-0.4, -0.2) is 64.2 Å². The van der Waals surface area contributed by atoms with E-state index in [2.05, 4.69) is 26.2 Å². The maximum absolute atomic E-state index is 12.9. The van der Waals surface area contributed by atoms with Crippen molar-refractivity contribution in [3.63, 3.8) is 0 Å². The van der Waals surface area contributed by atoms with Crippen molar-refractivity contribution in [2.45, 2.75) is 72.6 Å². The molecule has 1 atom stereocenters. The maximum atomic E-state index is 12.9. The van der Waals surface area contributed by atoms with Crippen LogP contribution in [0.15, 0.2) is 113 Å². The van der Waals surface area contributed by atoms with E-state index in [9.17, 15) is 14.4 Å². The smallest absolute Gasteiger partial charge is 0.351 e. The summed E-state index contributed by atoms with van der Waals surface area (Å²) in [5.41, 5.74) is 3.59. The van der Waals surface area contributed by atoms with Crippen LogP contribution in [0.4, 0.5) is 0 Å². The molecule has 0 saturated heterocycles. The summed E-state index contributed by atoms with van der Waals surface area (Å²) >= 11 is 0. The lowest BCUT2D eigenvalue weighted by Gasteiger charge is -2.12. The Kier molecular flexibility index (Phi) is 21.9. The average molecular weight is 707 g/mol. The lowest BCUT2D eigenvalue weighted by Crippen LogP contribution is -2.14. The molecule has 0 amide bonds. The minimum atomic E-state index is -0.592. The predicted octanol–water partition coefficient (Wildman–Crippen LogP) is 7.98. The molecule has 1 unspecified atom stereocenters. The lowest BCUT2D eigenvalue weighted by molar-refractivity contribution is -0.138. The van der Waals surface area contributed by atoms with Gasteiger partial charge in [-0.2, -0.15) is 0 Å². The van der Waals surface area contributed by atoms with E-state index in [0.717, 1.165) is 38.6 Å². The zero-order valence-corrected chi connectivity index (χ0v) is 30.6. The van der Waals surface area contributed by atoms with Crippen LogP contribution in [0.3, 0.4) is 0 Å². The van der Waals surface area contributed by atoms with Crippen LogP contribution in [0, 0.1) is 5.92 Å². The van der Waals surface area contributed by atoms with Crippen molar-refractivity contribution >= 4 is 17.9 Å². The first-order valence-electron chi connectivity index (χ1n) is 17.7. The Morgan fingerprint density at radius 2 is 1.51 bits per heavy atom. The van der Waals surface area contributed by atoms with Gasteiger partial charge in [0.15, 0.2) is 0 Å². The third-order valence-electron chi connectivity index (χ3n) is 7.10. The Morgan fingerprint density at radius 1 is 0.824 bits per heavy atom. The van der Waals surface area contributed by atoms with Crippen molar-refractivity contribution in [3.8, 4) is 0 Å². The van der Waals surface area contributed by atoms with Gasteiger partial charge in [-0.25, -0.2) is 14.4 Å². The monoisotopic (exact) mass is 706 g/mol. The first kappa shape index (κ1) is 42.5. The van der Waals surface area contributed by atoms with Gasteiger partial charge in [0, 0.05) is 37.2 Å². The second-order valence-electron chi connectivity index (χ2n) is 11.8. The summed E-state index contributed by atoms with van der Waals surface area (Å²) in [6.07, 6.45) is 23.0. The summed E-state index contributed by atoms with van der Waals surface area (Å²) in [6, 6.07) is 0. The zero-order chi connectivity index (χ0) is 37.1. The molecular weight excluding hydrogens is 652 g/mol. The normalized spacial score (nSPS) is 15.0. The van der Waals surface area contributed by atoms with Crippen molar-refractivity contribution in [3.05, 3.63) is 113 Å². The van der Waals surface area contributed by atoms with Crippen molar-refractivity contribution < 1.29 is 47.5 Å². The number of carbonyl (C=O) groups excluding carboxylic acids is 3. The van der Waals surface area contributed by atoms with Crippen molar-refractivity contribution in [1.29, 1.82) is 0 Å². The van der Waals surface area contributed by atoms with Crippen LogP contribution in [0.25, 0.3) is 0 Å². The second-order valence-corrected chi connectivity index (χ2v) is 11.8. The predicted molar refractivity (Wildman–Crippen MR) is 196 cm³/mol. The Bertz CT molecular complexity index is 1430. The number of allylic oxidation sites excluding steroid dienone is 10. The highest BCUT2D eigenvalue weighted by Crippen LogP contribution is 2.18. The van der Waals surface area contributed by atoms with Crippen LogP contribution in [0.1, 0.15) is 72.6 Å². The average Bonchev–Trinajstić information content (AvgIpc) is 3.52. The van der Waals surface area contributed by atoms with E-state index < -0.39 is 17.9 Å². The fourth-order valence-electron chi connectivity index (χ4n) is 4.30. The van der Waals surface area contributed by atoms with E-state index in [4.69, 9.17) is 33.2 Å². The van der Waals surface area contributed by atoms with Gasteiger partial charge in [-0.05, 0) is 100 Å².